The minimum atomic E-state index is -3.93. The van der Waals surface area contributed by atoms with Crippen LogP contribution in [0.15, 0.2) is 47.5 Å². The topological polar surface area (TPSA) is 74.9 Å². The molecule has 2 heterocycles. The number of hydrogen-bond donors (Lipinski definition) is 1. The van der Waals surface area contributed by atoms with Crippen molar-refractivity contribution in [2.24, 2.45) is 0 Å². The van der Waals surface area contributed by atoms with Crippen molar-refractivity contribution in [3.8, 4) is 6.07 Å². The van der Waals surface area contributed by atoms with Crippen LogP contribution in [0.2, 0.25) is 0 Å². The fraction of sp³-hybridized carbons (Fsp3) is 0.167. The highest BCUT2D eigenvalue weighted by atomic mass is 32.2. The molecule has 2 aromatic carbocycles. The van der Waals surface area contributed by atoms with Crippen LogP contribution in [0.4, 0.5) is 4.39 Å². The Morgan fingerprint density at radius 1 is 1.20 bits per heavy atom. The molecule has 0 atom stereocenters. The smallest absolute Gasteiger partial charge is 0.268 e. The van der Waals surface area contributed by atoms with E-state index in [0.717, 1.165) is 41.6 Å². The fourth-order valence-corrected chi connectivity index (χ4v) is 4.67. The Labute approximate surface area is 144 Å². The zero-order chi connectivity index (χ0) is 17.6. The summed E-state index contributed by atoms with van der Waals surface area (Å²) in [5.74, 6) is -0.734. The van der Waals surface area contributed by atoms with E-state index in [1.54, 1.807) is 18.3 Å². The van der Waals surface area contributed by atoms with Crippen molar-refractivity contribution in [2.75, 3.05) is 6.54 Å². The van der Waals surface area contributed by atoms with Gasteiger partial charge in [-0.3, -0.25) is 0 Å². The van der Waals surface area contributed by atoms with Crippen LogP contribution in [0.1, 0.15) is 16.7 Å². The first-order valence-corrected chi connectivity index (χ1v) is 9.24. The highest BCUT2D eigenvalue weighted by Crippen LogP contribution is 2.30. The van der Waals surface area contributed by atoms with E-state index in [1.165, 1.54) is 10.0 Å². The molecule has 0 saturated heterocycles. The summed E-state index contributed by atoms with van der Waals surface area (Å²) < 4.78 is 41.0. The van der Waals surface area contributed by atoms with Crippen molar-refractivity contribution in [2.45, 2.75) is 17.9 Å². The average Bonchev–Trinajstić information content (AvgIpc) is 2.86. The minimum absolute atomic E-state index is 0.102. The van der Waals surface area contributed by atoms with Gasteiger partial charge in [-0.15, -0.1) is 0 Å². The summed E-state index contributed by atoms with van der Waals surface area (Å²) in [6, 6.07) is 10.5. The lowest BCUT2D eigenvalue weighted by Gasteiger charge is -2.09. The number of aromatic nitrogens is 1. The van der Waals surface area contributed by atoms with Gasteiger partial charge in [0.2, 0.25) is 0 Å². The number of rotatable bonds is 2. The van der Waals surface area contributed by atoms with Crippen molar-refractivity contribution in [3.63, 3.8) is 0 Å². The molecule has 126 valence electrons. The van der Waals surface area contributed by atoms with E-state index in [1.807, 2.05) is 12.1 Å². The van der Waals surface area contributed by atoms with Gasteiger partial charge in [0.25, 0.3) is 10.0 Å². The van der Waals surface area contributed by atoms with Crippen LogP contribution < -0.4 is 5.32 Å². The van der Waals surface area contributed by atoms with Gasteiger partial charge in [0.1, 0.15) is 11.9 Å². The second kappa shape index (κ2) is 5.69. The first-order chi connectivity index (χ1) is 12.0. The first-order valence-electron chi connectivity index (χ1n) is 7.80. The van der Waals surface area contributed by atoms with E-state index in [-0.39, 0.29) is 10.5 Å². The molecule has 5 nitrogen and oxygen atoms in total. The predicted octanol–water partition coefficient (Wildman–Crippen LogP) is 2.53. The zero-order valence-electron chi connectivity index (χ0n) is 13.2. The van der Waals surface area contributed by atoms with Gasteiger partial charge >= 0.3 is 0 Å². The van der Waals surface area contributed by atoms with Crippen molar-refractivity contribution in [1.82, 2.24) is 9.29 Å². The van der Waals surface area contributed by atoms with Gasteiger partial charge in [0.15, 0.2) is 0 Å². The lowest BCUT2D eigenvalue weighted by Crippen LogP contribution is -2.15. The summed E-state index contributed by atoms with van der Waals surface area (Å²) in [6.45, 7) is 1.45. The fourth-order valence-electron chi connectivity index (χ4n) is 3.26. The van der Waals surface area contributed by atoms with Gasteiger partial charge in [0.05, 0.1) is 16.0 Å². The summed E-state index contributed by atoms with van der Waals surface area (Å²) in [6.07, 6.45) is 2.36. The number of hydrogen-bond acceptors (Lipinski definition) is 4. The SMILES string of the molecule is N#Cc1cc(S(=O)(=O)n2cc3c4c(cccc42)CNCC3)ccc1F. The lowest BCUT2D eigenvalue weighted by molar-refractivity contribution is 0.587. The normalized spacial score (nSPS) is 14.2. The molecular formula is C18H14FN3O2S. The summed E-state index contributed by atoms with van der Waals surface area (Å²) >= 11 is 0. The van der Waals surface area contributed by atoms with Crippen LogP contribution in [0.3, 0.4) is 0 Å². The Morgan fingerprint density at radius 3 is 2.84 bits per heavy atom. The zero-order valence-corrected chi connectivity index (χ0v) is 14.0. The molecule has 1 aromatic heterocycles. The molecule has 1 aliphatic heterocycles. The van der Waals surface area contributed by atoms with Crippen LogP contribution in [0.5, 0.6) is 0 Å². The van der Waals surface area contributed by atoms with E-state index in [0.29, 0.717) is 12.1 Å². The van der Waals surface area contributed by atoms with Crippen molar-refractivity contribution in [3.05, 3.63) is 65.1 Å². The highest BCUT2D eigenvalue weighted by Gasteiger charge is 2.24. The number of nitrogens with one attached hydrogen (secondary N) is 1. The van der Waals surface area contributed by atoms with Crippen molar-refractivity contribution >= 4 is 20.9 Å². The van der Waals surface area contributed by atoms with E-state index in [2.05, 4.69) is 5.32 Å². The number of halogens is 1. The Balaban J connectivity index is 1.97. The van der Waals surface area contributed by atoms with E-state index < -0.39 is 15.8 Å². The van der Waals surface area contributed by atoms with E-state index in [9.17, 15) is 12.8 Å². The Morgan fingerprint density at radius 2 is 2.04 bits per heavy atom. The summed E-state index contributed by atoms with van der Waals surface area (Å²) in [4.78, 5) is -0.102. The standard InChI is InChI=1S/C18H14FN3O2S/c19-16-5-4-15(8-14(16)9-20)25(23,24)22-11-13-6-7-21-10-12-2-1-3-17(22)18(12)13/h1-5,8,11,21H,6-7,10H2. The molecule has 0 aliphatic carbocycles. The van der Waals surface area contributed by atoms with Crippen LogP contribution in [0.25, 0.3) is 10.9 Å². The molecule has 0 amide bonds. The van der Waals surface area contributed by atoms with Crippen LogP contribution >= 0.6 is 0 Å². The average molecular weight is 355 g/mol. The Hall–Kier alpha value is -2.69. The van der Waals surface area contributed by atoms with E-state index >= 15 is 0 Å². The quantitative estimate of drug-likeness (QED) is 0.767. The molecule has 0 saturated carbocycles. The molecule has 1 N–H and O–H groups in total. The second-order valence-corrected chi connectivity index (χ2v) is 7.76. The van der Waals surface area contributed by atoms with Crippen molar-refractivity contribution < 1.29 is 12.8 Å². The molecule has 4 rings (SSSR count). The Kier molecular flexibility index (Phi) is 3.60. The maximum atomic E-state index is 13.5. The monoisotopic (exact) mass is 355 g/mol. The van der Waals surface area contributed by atoms with Crippen LogP contribution in [-0.4, -0.2) is 18.9 Å². The first kappa shape index (κ1) is 15.8. The molecule has 3 aromatic rings. The molecule has 25 heavy (non-hydrogen) atoms. The second-order valence-electron chi connectivity index (χ2n) is 5.95. The van der Waals surface area contributed by atoms with E-state index in [4.69, 9.17) is 5.26 Å². The highest BCUT2D eigenvalue weighted by molar-refractivity contribution is 7.90. The van der Waals surface area contributed by atoms with Crippen molar-refractivity contribution in [1.29, 1.82) is 5.26 Å². The van der Waals surface area contributed by atoms with Gasteiger partial charge < -0.3 is 5.32 Å². The van der Waals surface area contributed by atoms with Gasteiger partial charge in [-0.2, -0.15) is 5.26 Å². The third kappa shape index (κ3) is 2.42. The number of nitriles is 1. The summed E-state index contributed by atoms with van der Waals surface area (Å²) in [7, 11) is -3.93. The van der Waals surface area contributed by atoms with Gasteiger partial charge in [-0.25, -0.2) is 16.8 Å². The molecule has 0 radical (unpaired) electrons. The number of benzene rings is 2. The molecule has 0 spiro atoms. The summed E-state index contributed by atoms with van der Waals surface area (Å²) in [5, 5.41) is 13.2. The molecule has 0 bridgehead atoms. The van der Waals surface area contributed by atoms with Gasteiger partial charge in [-0.1, -0.05) is 12.1 Å². The molecule has 0 fully saturated rings. The molecular weight excluding hydrogens is 341 g/mol. The molecule has 0 unspecified atom stereocenters. The Bertz CT molecular complexity index is 1140. The summed E-state index contributed by atoms with van der Waals surface area (Å²) in [5.41, 5.74) is 2.32. The van der Waals surface area contributed by atoms with Gasteiger partial charge in [0, 0.05) is 18.1 Å². The molecule has 1 aliphatic rings. The van der Waals surface area contributed by atoms with Gasteiger partial charge in [-0.05, 0) is 48.4 Å². The number of nitrogens with zero attached hydrogens (tertiary/aromatic N) is 2. The third-order valence-corrected chi connectivity index (χ3v) is 6.13. The maximum Gasteiger partial charge on any atom is 0.268 e. The van der Waals surface area contributed by atoms with Crippen LogP contribution in [-0.2, 0) is 23.0 Å². The largest absolute Gasteiger partial charge is 0.312 e. The maximum absolute atomic E-state index is 13.5. The lowest BCUT2D eigenvalue weighted by atomic mass is 10.1. The predicted molar refractivity (Wildman–Crippen MR) is 91.0 cm³/mol. The van der Waals surface area contributed by atoms with Crippen LogP contribution in [0, 0.1) is 17.1 Å². The minimum Gasteiger partial charge on any atom is -0.312 e. The molecule has 7 heteroatoms. The third-order valence-electron chi connectivity index (χ3n) is 4.46.